The Bertz CT molecular complexity index is 1250. The number of esters is 3. The Morgan fingerprint density at radius 1 is 0.237 bits per heavy atom. The molecule has 0 spiro atoms. The van der Waals surface area contributed by atoms with Crippen LogP contribution in [-0.4, -0.2) is 37.2 Å². The zero-order valence-corrected chi connectivity index (χ0v) is 54.6. The summed E-state index contributed by atoms with van der Waals surface area (Å²) in [5, 5.41) is 0. The first-order valence-corrected chi connectivity index (χ1v) is 36.7. The van der Waals surface area contributed by atoms with Gasteiger partial charge in [-0.05, 0) is 44.9 Å². The Morgan fingerprint density at radius 2 is 0.412 bits per heavy atom. The van der Waals surface area contributed by atoms with E-state index in [1.807, 2.05) is 0 Å². The van der Waals surface area contributed by atoms with Crippen molar-refractivity contribution in [3.63, 3.8) is 0 Å². The molecule has 6 heteroatoms. The number of hydrogen-bond donors (Lipinski definition) is 0. The molecule has 0 aromatic carbocycles. The maximum absolute atomic E-state index is 12.9. The van der Waals surface area contributed by atoms with Crippen LogP contribution in [0.1, 0.15) is 425 Å². The normalized spacial score (nSPS) is 12.0. The van der Waals surface area contributed by atoms with Crippen LogP contribution in [-0.2, 0) is 28.6 Å². The third kappa shape index (κ3) is 66.9. The van der Waals surface area contributed by atoms with Gasteiger partial charge in [0.1, 0.15) is 13.2 Å². The molecule has 0 aliphatic carbocycles. The highest BCUT2D eigenvalue weighted by molar-refractivity contribution is 5.71. The minimum absolute atomic E-state index is 0.0617. The number of rotatable bonds is 69. The number of ether oxygens (including phenoxy) is 3. The van der Waals surface area contributed by atoms with Crippen molar-refractivity contribution in [3.8, 4) is 0 Å². The molecule has 0 aliphatic heterocycles. The molecule has 80 heavy (non-hydrogen) atoms. The Hall–Kier alpha value is -1.85. The van der Waals surface area contributed by atoms with E-state index >= 15 is 0 Å². The molecule has 0 heterocycles. The van der Waals surface area contributed by atoms with E-state index in [1.165, 1.54) is 327 Å². The van der Waals surface area contributed by atoms with Gasteiger partial charge in [-0.1, -0.05) is 373 Å². The molecule has 0 bridgehead atoms. The van der Waals surface area contributed by atoms with Crippen LogP contribution in [0, 0.1) is 0 Å². The first kappa shape index (κ1) is 78.1. The highest BCUT2D eigenvalue weighted by Gasteiger charge is 2.20. The van der Waals surface area contributed by atoms with Gasteiger partial charge in [-0.2, -0.15) is 0 Å². The van der Waals surface area contributed by atoms with Crippen LogP contribution >= 0.6 is 0 Å². The van der Waals surface area contributed by atoms with Crippen LogP contribution in [0.2, 0.25) is 0 Å². The molecule has 0 amide bonds. The van der Waals surface area contributed by atoms with Crippen LogP contribution in [0.4, 0.5) is 0 Å². The van der Waals surface area contributed by atoms with Gasteiger partial charge in [0.25, 0.3) is 0 Å². The van der Waals surface area contributed by atoms with E-state index < -0.39 is 6.10 Å². The topological polar surface area (TPSA) is 78.9 Å². The lowest BCUT2D eigenvalue weighted by Gasteiger charge is -2.18. The van der Waals surface area contributed by atoms with E-state index in [-0.39, 0.29) is 31.1 Å². The Balaban J connectivity index is 3.99. The SMILES string of the molecule is CCCCCCCCCC/C=C\CCCCCCCCCCCCCCCCCCCCCCCCCC(=O)OCC(COC(=O)CCCCCCCCCCCCC)OC(=O)CCCCCCCCCCCCCCCCCC. The third-order valence-corrected chi connectivity index (χ3v) is 17.0. The van der Waals surface area contributed by atoms with Crippen molar-refractivity contribution < 1.29 is 28.6 Å². The monoisotopic (exact) mass is 1130 g/mol. The summed E-state index contributed by atoms with van der Waals surface area (Å²) in [6.45, 7) is 6.72. The van der Waals surface area contributed by atoms with Crippen LogP contribution < -0.4 is 0 Å². The van der Waals surface area contributed by atoms with E-state index in [1.54, 1.807) is 0 Å². The summed E-state index contributed by atoms with van der Waals surface area (Å²) in [6, 6.07) is 0. The molecule has 0 saturated carbocycles. The van der Waals surface area contributed by atoms with Crippen molar-refractivity contribution in [2.75, 3.05) is 13.2 Å². The summed E-state index contributed by atoms with van der Waals surface area (Å²) in [7, 11) is 0. The van der Waals surface area contributed by atoms with Crippen molar-refractivity contribution in [3.05, 3.63) is 12.2 Å². The van der Waals surface area contributed by atoms with Gasteiger partial charge in [0.2, 0.25) is 0 Å². The Kier molecular flexibility index (Phi) is 68.0. The van der Waals surface area contributed by atoms with Crippen molar-refractivity contribution >= 4 is 17.9 Å². The first-order chi connectivity index (χ1) is 39.5. The van der Waals surface area contributed by atoms with Gasteiger partial charge in [0, 0.05) is 19.3 Å². The van der Waals surface area contributed by atoms with E-state index in [0.717, 1.165) is 57.8 Å². The second kappa shape index (κ2) is 69.6. The number of unbranched alkanes of at least 4 members (excludes halogenated alkanes) is 56. The molecule has 6 nitrogen and oxygen atoms in total. The second-order valence-corrected chi connectivity index (χ2v) is 25.2. The fourth-order valence-corrected chi connectivity index (χ4v) is 11.5. The van der Waals surface area contributed by atoms with Crippen LogP contribution in [0.3, 0.4) is 0 Å². The molecule has 1 unspecified atom stereocenters. The molecule has 0 saturated heterocycles. The lowest BCUT2D eigenvalue weighted by molar-refractivity contribution is -0.167. The average molecular weight is 1130 g/mol. The molecule has 0 fully saturated rings. The van der Waals surface area contributed by atoms with Crippen molar-refractivity contribution in [1.82, 2.24) is 0 Å². The molecular weight excluding hydrogens is 985 g/mol. The summed E-state index contributed by atoms with van der Waals surface area (Å²) in [6.07, 6.45) is 84.2. The second-order valence-electron chi connectivity index (χ2n) is 25.2. The largest absolute Gasteiger partial charge is 0.462 e. The molecule has 474 valence electrons. The van der Waals surface area contributed by atoms with Crippen LogP contribution in [0.15, 0.2) is 12.2 Å². The standard InChI is InChI=1S/C74H142O6/c1-4-7-10-13-16-19-22-24-26-28-29-30-31-32-33-34-35-36-37-38-39-40-41-42-43-44-45-46-48-49-52-55-58-61-64-67-73(76)79-70-71(69-78-72(75)66-63-60-57-54-51-21-18-15-12-9-6-3)80-74(77)68-65-62-59-56-53-50-47-27-25-23-20-17-14-11-8-5-2/h28-29,71H,4-27,30-70H2,1-3H3/b29-28-. The highest BCUT2D eigenvalue weighted by atomic mass is 16.6. The maximum atomic E-state index is 12.9. The lowest BCUT2D eigenvalue weighted by atomic mass is 10.0. The van der Waals surface area contributed by atoms with Gasteiger partial charge in [0.05, 0.1) is 0 Å². The number of allylic oxidation sites excluding steroid dienone is 2. The summed E-state index contributed by atoms with van der Waals surface area (Å²) >= 11 is 0. The van der Waals surface area contributed by atoms with Gasteiger partial charge in [-0.15, -0.1) is 0 Å². The maximum Gasteiger partial charge on any atom is 0.306 e. The minimum Gasteiger partial charge on any atom is -0.462 e. The van der Waals surface area contributed by atoms with Gasteiger partial charge in [-0.3, -0.25) is 14.4 Å². The highest BCUT2D eigenvalue weighted by Crippen LogP contribution is 2.19. The molecule has 0 aromatic heterocycles. The molecule has 0 aliphatic rings. The fourth-order valence-electron chi connectivity index (χ4n) is 11.5. The van der Waals surface area contributed by atoms with Gasteiger partial charge in [0.15, 0.2) is 6.10 Å². The van der Waals surface area contributed by atoms with Gasteiger partial charge in [-0.25, -0.2) is 0 Å². The smallest absolute Gasteiger partial charge is 0.306 e. The van der Waals surface area contributed by atoms with Crippen molar-refractivity contribution in [2.24, 2.45) is 0 Å². The number of carbonyl (C=O) groups is 3. The number of carbonyl (C=O) groups excluding carboxylic acids is 3. The van der Waals surface area contributed by atoms with Crippen LogP contribution in [0.5, 0.6) is 0 Å². The average Bonchev–Trinajstić information content (AvgIpc) is 3.46. The Morgan fingerprint density at radius 3 is 0.625 bits per heavy atom. The van der Waals surface area contributed by atoms with Crippen molar-refractivity contribution in [2.45, 2.75) is 431 Å². The Labute approximate surface area is 501 Å². The zero-order chi connectivity index (χ0) is 57.8. The van der Waals surface area contributed by atoms with Gasteiger partial charge < -0.3 is 14.2 Å². The van der Waals surface area contributed by atoms with E-state index in [0.29, 0.717) is 19.3 Å². The number of hydrogen-bond acceptors (Lipinski definition) is 6. The summed E-state index contributed by atoms with van der Waals surface area (Å²) < 4.78 is 17.0. The third-order valence-electron chi connectivity index (χ3n) is 17.0. The molecular formula is C74H142O6. The molecule has 0 rings (SSSR count). The molecule has 0 aromatic rings. The van der Waals surface area contributed by atoms with E-state index in [2.05, 4.69) is 32.9 Å². The summed E-state index contributed by atoms with van der Waals surface area (Å²) in [5.74, 6) is -0.828. The minimum atomic E-state index is -0.763. The predicted octanol–water partition coefficient (Wildman–Crippen LogP) is 25.2. The fraction of sp³-hybridized carbons (Fsp3) is 0.932. The van der Waals surface area contributed by atoms with Crippen molar-refractivity contribution in [1.29, 1.82) is 0 Å². The van der Waals surface area contributed by atoms with E-state index in [9.17, 15) is 14.4 Å². The quantitative estimate of drug-likeness (QED) is 0.0261. The van der Waals surface area contributed by atoms with Gasteiger partial charge >= 0.3 is 17.9 Å². The summed E-state index contributed by atoms with van der Waals surface area (Å²) in [5.41, 5.74) is 0. The molecule has 1 atom stereocenters. The summed E-state index contributed by atoms with van der Waals surface area (Å²) in [4.78, 5) is 38.3. The van der Waals surface area contributed by atoms with Crippen LogP contribution in [0.25, 0.3) is 0 Å². The van der Waals surface area contributed by atoms with E-state index in [4.69, 9.17) is 14.2 Å². The zero-order valence-electron chi connectivity index (χ0n) is 54.6. The molecule has 0 N–H and O–H groups in total. The molecule has 0 radical (unpaired) electrons. The predicted molar refractivity (Wildman–Crippen MR) is 349 cm³/mol. The first-order valence-electron chi connectivity index (χ1n) is 36.7. The lowest BCUT2D eigenvalue weighted by Crippen LogP contribution is -2.30.